The molecule has 3 heterocycles. The molecular formula is C33H38BrClN4O2. The van der Waals surface area contributed by atoms with Gasteiger partial charge < -0.3 is 20.0 Å². The van der Waals surface area contributed by atoms with E-state index in [9.17, 15) is 9.59 Å². The number of hydrogen-bond donors (Lipinski definition) is 1. The van der Waals surface area contributed by atoms with Crippen LogP contribution in [0.3, 0.4) is 0 Å². The summed E-state index contributed by atoms with van der Waals surface area (Å²) in [5.41, 5.74) is 3.09. The van der Waals surface area contributed by atoms with Crippen molar-refractivity contribution in [2.45, 2.75) is 31.7 Å². The molecule has 6 nitrogen and oxygen atoms in total. The Bertz CT molecular complexity index is 1320. The Morgan fingerprint density at radius 2 is 1.49 bits per heavy atom. The summed E-state index contributed by atoms with van der Waals surface area (Å²) < 4.78 is 1.06. The number of piperidine rings is 1. The molecule has 216 valence electrons. The van der Waals surface area contributed by atoms with Crippen molar-refractivity contribution in [3.8, 4) is 0 Å². The lowest BCUT2D eigenvalue weighted by molar-refractivity contribution is -0.139. The molecule has 0 aliphatic carbocycles. The third kappa shape index (κ3) is 6.63. The molecule has 3 aliphatic rings. The van der Waals surface area contributed by atoms with Crippen LogP contribution in [0.25, 0.3) is 0 Å². The van der Waals surface area contributed by atoms with Crippen LogP contribution in [0.4, 0.5) is 10.5 Å². The van der Waals surface area contributed by atoms with Gasteiger partial charge in [-0.1, -0.05) is 76.6 Å². The molecule has 0 radical (unpaired) electrons. The smallest absolute Gasteiger partial charge is 0.321 e. The molecule has 0 unspecified atom stereocenters. The van der Waals surface area contributed by atoms with Crippen LogP contribution in [-0.2, 0) is 11.3 Å². The van der Waals surface area contributed by atoms with Crippen molar-refractivity contribution < 1.29 is 9.59 Å². The summed E-state index contributed by atoms with van der Waals surface area (Å²) in [6.07, 6.45) is 2.80. The second-order valence-electron chi connectivity index (χ2n) is 11.7. The van der Waals surface area contributed by atoms with E-state index >= 15 is 0 Å². The van der Waals surface area contributed by atoms with Crippen molar-refractivity contribution in [3.05, 3.63) is 101 Å². The van der Waals surface area contributed by atoms with Gasteiger partial charge in [-0.15, -0.1) is 12.4 Å². The first-order valence-electron chi connectivity index (χ1n) is 14.4. The number of nitrogens with zero attached hydrogens (tertiary/aromatic N) is 3. The van der Waals surface area contributed by atoms with Gasteiger partial charge in [-0.05, 0) is 73.7 Å². The molecule has 0 aromatic heterocycles. The van der Waals surface area contributed by atoms with Gasteiger partial charge in [0, 0.05) is 48.8 Å². The number of rotatable bonds is 6. The summed E-state index contributed by atoms with van der Waals surface area (Å²) in [7, 11) is 0. The SMILES string of the molecule is Cl.O=C(Nc1ccccc1)N1C[C@H](CN2CCC3(CC2)CCN(Cc2ccc(Br)cc2)C3=O)[C@@H](c2ccccc2)C1. The number of amides is 3. The summed E-state index contributed by atoms with van der Waals surface area (Å²) in [4.78, 5) is 33.3. The molecule has 41 heavy (non-hydrogen) atoms. The molecule has 0 saturated carbocycles. The fraction of sp³-hybridized carbons (Fsp3) is 0.394. The van der Waals surface area contributed by atoms with Crippen LogP contribution >= 0.6 is 28.3 Å². The first-order chi connectivity index (χ1) is 19.5. The summed E-state index contributed by atoms with van der Waals surface area (Å²) in [5, 5.41) is 3.07. The van der Waals surface area contributed by atoms with Gasteiger partial charge in [-0.25, -0.2) is 4.79 Å². The average molecular weight is 638 g/mol. The number of anilines is 1. The Morgan fingerprint density at radius 1 is 0.854 bits per heavy atom. The Hall–Kier alpha value is -2.87. The van der Waals surface area contributed by atoms with E-state index in [1.807, 2.05) is 47.4 Å². The maximum absolute atomic E-state index is 13.6. The normalized spacial score (nSPS) is 22.1. The van der Waals surface area contributed by atoms with Gasteiger partial charge in [0.25, 0.3) is 0 Å². The lowest BCUT2D eigenvalue weighted by Gasteiger charge is -2.39. The van der Waals surface area contributed by atoms with Crippen molar-refractivity contribution in [2.75, 3.05) is 44.6 Å². The fourth-order valence-electron chi connectivity index (χ4n) is 6.84. The van der Waals surface area contributed by atoms with Crippen molar-refractivity contribution in [1.82, 2.24) is 14.7 Å². The second kappa shape index (κ2) is 13.0. The Labute approximate surface area is 257 Å². The van der Waals surface area contributed by atoms with E-state index in [0.29, 0.717) is 30.8 Å². The lowest BCUT2D eigenvalue weighted by atomic mass is 9.76. The first kappa shape index (κ1) is 29.6. The minimum absolute atomic E-state index is 0. The average Bonchev–Trinajstić information content (AvgIpc) is 3.54. The zero-order valence-electron chi connectivity index (χ0n) is 23.3. The number of hydrogen-bond acceptors (Lipinski definition) is 3. The van der Waals surface area contributed by atoms with Crippen LogP contribution in [-0.4, -0.2) is 65.9 Å². The lowest BCUT2D eigenvalue weighted by Crippen LogP contribution is -2.46. The predicted molar refractivity (Wildman–Crippen MR) is 169 cm³/mol. The van der Waals surface area contributed by atoms with Crippen molar-refractivity contribution in [2.24, 2.45) is 11.3 Å². The fourth-order valence-corrected chi connectivity index (χ4v) is 7.10. The molecule has 6 rings (SSSR count). The van der Waals surface area contributed by atoms with Gasteiger partial charge in [-0.3, -0.25) is 4.79 Å². The summed E-state index contributed by atoms with van der Waals surface area (Å²) in [6.45, 7) is 5.81. The third-order valence-corrected chi connectivity index (χ3v) is 9.70. The highest BCUT2D eigenvalue weighted by atomic mass is 79.9. The van der Waals surface area contributed by atoms with Crippen LogP contribution in [0.5, 0.6) is 0 Å². The third-order valence-electron chi connectivity index (χ3n) is 9.17. The molecule has 3 fully saturated rings. The van der Waals surface area contributed by atoms with E-state index in [1.54, 1.807) is 0 Å². The first-order valence-corrected chi connectivity index (χ1v) is 15.2. The van der Waals surface area contributed by atoms with E-state index in [2.05, 4.69) is 73.5 Å². The monoisotopic (exact) mass is 636 g/mol. The number of benzene rings is 3. The van der Waals surface area contributed by atoms with Crippen molar-refractivity contribution in [3.63, 3.8) is 0 Å². The molecule has 3 aliphatic heterocycles. The van der Waals surface area contributed by atoms with Gasteiger partial charge in [0.1, 0.15) is 0 Å². The van der Waals surface area contributed by atoms with E-state index in [-0.39, 0.29) is 23.9 Å². The van der Waals surface area contributed by atoms with Gasteiger partial charge in [0.15, 0.2) is 0 Å². The maximum atomic E-state index is 13.6. The van der Waals surface area contributed by atoms with Gasteiger partial charge >= 0.3 is 6.03 Å². The van der Waals surface area contributed by atoms with E-state index in [4.69, 9.17) is 0 Å². The standard InChI is InChI=1S/C33H37BrN4O2.ClH/c34-28-13-11-25(12-14-28)21-37-20-17-33(31(37)39)15-18-36(19-16-33)22-27-23-38(24-30(27)26-7-3-1-4-8-26)32(40)35-29-9-5-2-6-10-29;/h1-14,27,30H,15-24H2,(H,35,40);1H/t27-,30+;/m0./s1. The molecular weight excluding hydrogens is 600 g/mol. The number of likely N-dealkylation sites (tertiary alicyclic amines) is 3. The summed E-state index contributed by atoms with van der Waals surface area (Å²) in [5.74, 6) is 0.987. The van der Waals surface area contributed by atoms with Gasteiger partial charge in [0.2, 0.25) is 5.91 Å². The topological polar surface area (TPSA) is 55.9 Å². The zero-order valence-corrected chi connectivity index (χ0v) is 25.7. The number of urea groups is 1. The van der Waals surface area contributed by atoms with E-state index in [1.165, 1.54) is 11.1 Å². The molecule has 1 spiro atoms. The Morgan fingerprint density at radius 3 is 2.17 bits per heavy atom. The molecule has 3 aromatic carbocycles. The van der Waals surface area contributed by atoms with Crippen LogP contribution in [0, 0.1) is 11.3 Å². The second-order valence-corrected chi connectivity index (χ2v) is 12.6. The van der Waals surface area contributed by atoms with Gasteiger partial charge in [0.05, 0.1) is 5.41 Å². The zero-order chi connectivity index (χ0) is 27.5. The van der Waals surface area contributed by atoms with E-state index < -0.39 is 0 Å². The van der Waals surface area contributed by atoms with Gasteiger partial charge in [-0.2, -0.15) is 0 Å². The highest BCUT2D eigenvalue weighted by Crippen LogP contribution is 2.43. The van der Waals surface area contributed by atoms with Crippen LogP contribution < -0.4 is 5.32 Å². The van der Waals surface area contributed by atoms with Crippen molar-refractivity contribution in [1.29, 1.82) is 0 Å². The number of nitrogens with one attached hydrogen (secondary N) is 1. The highest BCUT2D eigenvalue weighted by Gasteiger charge is 2.48. The number of carbonyl (C=O) groups excluding carboxylic acids is 2. The number of carbonyl (C=O) groups is 2. The Kier molecular flexibility index (Phi) is 9.37. The molecule has 0 bridgehead atoms. The molecule has 8 heteroatoms. The maximum Gasteiger partial charge on any atom is 0.321 e. The van der Waals surface area contributed by atoms with Crippen LogP contribution in [0.2, 0.25) is 0 Å². The van der Waals surface area contributed by atoms with Crippen molar-refractivity contribution >= 4 is 46.0 Å². The number of para-hydroxylation sites is 1. The molecule has 3 saturated heterocycles. The minimum Gasteiger partial charge on any atom is -0.338 e. The summed E-state index contributed by atoms with van der Waals surface area (Å²) >= 11 is 3.50. The molecule has 2 atom stereocenters. The minimum atomic E-state index is -0.206. The quantitative estimate of drug-likeness (QED) is 0.330. The molecule has 3 amide bonds. The highest BCUT2D eigenvalue weighted by molar-refractivity contribution is 9.10. The molecule has 3 aromatic rings. The number of halogens is 2. The summed E-state index contributed by atoms with van der Waals surface area (Å²) in [6, 6.07) is 28.5. The van der Waals surface area contributed by atoms with Crippen LogP contribution in [0.1, 0.15) is 36.3 Å². The Balaban J connectivity index is 0.00000337. The predicted octanol–water partition coefficient (Wildman–Crippen LogP) is 6.63. The molecule has 1 N–H and O–H groups in total. The largest absolute Gasteiger partial charge is 0.338 e. The van der Waals surface area contributed by atoms with E-state index in [0.717, 1.165) is 62.1 Å². The van der Waals surface area contributed by atoms with Crippen LogP contribution in [0.15, 0.2) is 89.4 Å².